The molecule has 0 heterocycles. The van der Waals surface area contributed by atoms with Crippen LogP contribution in [0, 0.1) is 0 Å². The van der Waals surface area contributed by atoms with E-state index in [2.05, 4.69) is 97.9 Å². The summed E-state index contributed by atoms with van der Waals surface area (Å²) in [6.07, 6.45) is 4.77. The summed E-state index contributed by atoms with van der Waals surface area (Å²) < 4.78 is 0. The SMILES string of the molecule is CCc1cccc2c1-c1ccccc1C2CCCC1c2ccccc2-c2ccccc21. The van der Waals surface area contributed by atoms with Gasteiger partial charge in [0.05, 0.1) is 0 Å². The maximum absolute atomic E-state index is 2.37. The monoisotopic (exact) mass is 400 g/mol. The van der Waals surface area contributed by atoms with Crippen molar-refractivity contribution in [1.29, 1.82) is 0 Å². The van der Waals surface area contributed by atoms with Gasteiger partial charge in [-0.25, -0.2) is 0 Å². The summed E-state index contributed by atoms with van der Waals surface area (Å²) in [4.78, 5) is 0. The summed E-state index contributed by atoms with van der Waals surface area (Å²) in [5, 5.41) is 0. The van der Waals surface area contributed by atoms with E-state index < -0.39 is 0 Å². The van der Waals surface area contributed by atoms with Crippen LogP contribution in [0.25, 0.3) is 22.3 Å². The molecule has 6 rings (SSSR count). The van der Waals surface area contributed by atoms with Crippen LogP contribution >= 0.6 is 0 Å². The molecule has 0 bridgehead atoms. The zero-order valence-corrected chi connectivity index (χ0v) is 18.1. The Bertz CT molecular complexity index is 1220. The second-order valence-corrected chi connectivity index (χ2v) is 9.03. The van der Waals surface area contributed by atoms with Crippen molar-refractivity contribution in [1.82, 2.24) is 0 Å². The van der Waals surface area contributed by atoms with Crippen molar-refractivity contribution in [2.45, 2.75) is 44.4 Å². The topological polar surface area (TPSA) is 0 Å². The third-order valence-corrected chi connectivity index (χ3v) is 7.49. The van der Waals surface area contributed by atoms with E-state index in [0.29, 0.717) is 11.8 Å². The predicted octanol–water partition coefficient (Wildman–Crippen LogP) is 8.34. The zero-order chi connectivity index (χ0) is 20.8. The highest BCUT2D eigenvalue weighted by Crippen LogP contribution is 2.50. The first-order valence-electron chi connectivity index (χ1n) is 11.8. The van der Waals surface area contributed by atoms with E-state index in [4.69, 9.17) is 0 Å². The fourth-order valence-corrected chi connectivity index (χ4v) is 6.14. The molecule has 4 aromatic carbocycles. The van der Waals surface area contributed by atoms with E-state index in [1.807, 2.05) is 0 Å². The predicted molar refractivity (Wildman–Crippen MR) is 131 cm³/mol. The van der Waals surface area contributed by atoms with Crippen molar-refractivity contribution in [2.75, 3.05) is 0 Å². The molecule has 0 N–H and O–H groups in total. The number of aryl methyl sites for hydroxylation is 1. The average molecular weight is 401 g/mol. The summed E-state index contributed by atoms with van der Waals surface area (Å²) >= 11 is 0. The molecule has 2 aliphatic carbocycles. The van der Waals surface area contributed by atoms with Crippen LogP contribution in [0.3, 0.4) is 0 Å². The van der Waals surface area contributed by atoms with E-state index in [-0.39, 0.29) is 0 Å². The lowest BCUT2D eigenvalue weighted by molar-refractivity contribution is 0.601. The molecule has 0 saturated heterocycles. The van der Waals surface area contributed by atoms with Crippen LogP contribution in [0.4, 0.5) is 0 Å². The lowest BCUT2D eigenvalue weighted by Crippen LogP contribution is -2.01. The summed E-state index contributed by atoms with van der Waals surface area (Å²) in [7, 11) is 0. The molecular weight excluding hydrogens is 372 g/mol. The van der Waals surface area contributed by atoms with Gasteiger partial charge in [0.1, 0.15) is 0 Å². The molecule has 2 aliphatic rings. The largest absolute Gasteiger partial charge is 0.0619 e. The van der Waals surface area contributed by atoms with Gasteiger partial charge in [-0.2, -0.15) is 0 Å². The highest BCUT2D eigenvalue weighted by molar-refractivity contribution is 5.81. The minimum atomic E-state index is 0.532. The molecule has 0 aromatic heterocycles. The summed E-state index contributed by atoms with van der Waals surface area (Å²) in [6, 6.07) is 34.1. The average Bonchev–Trinajstić information content (AvgIpc) is 3.33. The van der Waals surface area contributed by atoms with Gasteiger partial charge in [0.15, 0.2) is 0 Å². The van der Waals surface area contributed by atoms with Gasteiger partial charge in [-0.05, 0) is 69.3 Å². The molecule has 31 heavy (non-hydrogen) atoms. The standard InChI is InChI=1S/C31H28/c1-2-21-11-9-20-30-28(27-16-7-8-17-29(27)31(21)30)19-10-18-26-24-14-5-3-12-22(24)23-13-4-6-15-25(23)26/h3-9,11-17,20,26,28H,2,10,18-19H2,1H3. The van der Waals surface area contributed by atoms with E-state index >= 15 is 0 Å². The van der Waals surface area contributed by atoms with E-state index in [0.717, 1.165) is 6.42 Å². The Balaban J connectivity index is 1.29. The minimum absolute atomic E-state index is 0.532. The first-order chi connectivity index (χ1) is 15.4. The van der Waals surface area contributed by atoms with Gasteiger partial charge in [0.2, 0.25) is 0 Å². The Hall–Kier alpha value is -3.12. The molecule has 0 saturated carbocycles. The van der Waals surface area contributed by atoms with Gasteiger partial charge in [-0.1, -0.05) is 104 Å². The molecule has 0 amide bonds. The molecule has 0 fully saturated rings. The fourth-order valence-electron chi connectivity index (χ4n) is 6.14. The van der Waals surface area contributed by atoms with Crippen molar-refractivity contribution < 1.29 is 0 Å². The Morgan fingerprint density at radius 1 is 0.516 bits per heavy atom. The zero-order valence-electron chi connectivity index (χ0n) is 18.1. The smallest absolute Gasteiger partial charge is 0.0102 e. The lowest BCUT2D eigenvalue weighted by Gasteiger charge is -2.17. The summed E-state index contributed by atoms with van der Waals surface area (Å²) in [5.74, 6) is 1.06. The van der Waals surface area contributed by atoms with Crippen LogP contribution in [0.1, 0.15) is 65.8 Å². The van der Waals surface area contributed by atoms with Crippen LogP contribution in [-0.2, 0) is 6.42 Å². The van der Waals surface area contributed by atoms with Gasteiger partial charge in [0, 0.05) is 11.8 Å². The fraction of sp³-hybridized carbons (Fsp3) is 0.226. The molecule has 4 aromatic rings. The lowest BCUT2D eigenvalue weighted by atomic mass is 9.86. The highest BCUT2D eigenvalue weighted by atomic mass is 14.3. The Labute approximate surface area is 185 Å². The van der Waals surface area contributed by atoms with Gasteiger partial charge < -0.3 is 0 Å². The minimum Gasteiger partial charge on any atom is -0.0619 e. The normalized spacial score (nSPS) is 16.0. The van der Waals surface area contributed by atoms with Crippen molar-refractivity contribution in [2.24, 2.45) is 0 Å². The molecule has 152 valence electrons. The number of benzene rings is 4. The van der Waals surface area contributed by atoms with Gasteiger partial charge in [-0.3, -0.25) is 0 Å². The number of rotatable bonds is 5. The quantitative estimate of drug-likeness (QED) is 0.316. The number of hydrogen-bond acceptors (Lipinski definition) is 0. The van der Waals surface area contributed by atoms with Crippen molar-refractivity contribution in [3.8, 4) is 22.3 Å². The van der Waals surface area contributed by atoms with Crippen LogP contribution in [-0.4, -0.2) is 0 Å². The molecule has 1 atom stereocenters. The Kier molecular flexibility index (Phi) is 4.53. The van der Waals surface area contributed by atoms with Crippen molar-refractivity contribution in [3.05, 3.63) is 119 Å². The van der Waals surface area contributed by atoms with Crippen LogP contribution in [0.15, 0.2) is 91.0 Å². The number of hydrogen-bond donors (Lipinski definition) is 0. The molecule has 0 radical (unpaired) electrons. The third-order valence-electron chi connectivity index (χ3n) is 7.49. The molecule has 0 spiro atoms. The molecule has 1 unspecified atom stereocenters. The molecule has 0 nitrogen and oxygen atoms in total. The van der Waals surface area contributed by atoms with Crippen LogP contribution in [0.5, 0.6) is 0 Å². The second-order valence-electron chi connectivity index (χ2n) is 9.03. The van der Waals surface area contributed by atoms with Crippen molar-refractivity contribution >= 4 is 0 Å². The van der Waals surface area contributed by atoms with E-state index in [1.165, 1.54) is 63.8 Å². The van der Waals surface area contributed by atoms with Crippen LogP contribution < -0.4 is 0 Å². The maximum Gasteiger partial charge on any atom is 0.0102 e. The Morgan fingerprint density at radius 2 is 1.00 bits per heavy atom. The second kappa shape index (κ2) is 7.54. The number of fused-ring (bicyclic) bond motifs is 6. The molecule has 0 heteroatoms. The summed E-state index contributed by atoms with van der Waals surface area (Å²) in [5.41, 5.74) is 13.5. The Morgan fingerprint density at radius 3 is 1.61 bits per heavy atom. The maximum atomic E-state index is 2.37. The van der Waals surface area contributed by atoms with Gasteiger partial charge in [-0.15, -0.1) is 0 Å². The van der Waals surface area contributed by atoms with Gasteiger partial charge in [0.25, 0.3) is 0 Å². The molecule has 0 aliphatic heterocycles. The highest BCUT2D eigenvalue weighted by Gasteiger charge is 2.31. The molecular formula is C31H28. The first-order valence-corrected chi connectivity index (χ1v) is 11.8. The van der Waals surface area contributed by atoms with E-state index in [9.17, 15) is 0 Å². The van der Waals surface area contributed by atoms with E-state index in [1.54, 1.807) is 5.56 Å². The third kappa shape index (κ3) is 2.89. The van der Waals surface area contributed by atoms with Crippen LogP contribution in [0.2, 0.25) is 0 Å². The van der Waals surface area contributed by atoms with Gasteiger partial charge >= 0.3 is 0 Å². The van der Waals surface area contributed by atoms with Crippen molar-refractivity contribution in [3.63, 3.8) is 0 Å². The first kappa shape index (κ1) is 18.6. The summed E-state index contributed by atoms with van der Waals surface area (Å²) in [6.45, 7) is 2.28.